The first-order valence-electron chi connectivity index (χ1n) is 8.17. The van der Waals surface area contributed by atoms with Gasteiger partial charge >= 0.3 is 12.0 Å². The Hall–Kier alpha value is -3.58. The Kier molecular flexibility index (Phi) is 7.62. The monoisotopic (exact) mass is 367 g/mol. The Morgan fingerprint density at radius 3 is 2.41 bits per heavy atom. The van der Waals surface area contributed by atoms with E-state index in [2.05, 4.69) is 29.3 Å². The highest BCUT2D eigenvalue weighted by Crippen LogP contribution is 2.14. The maximum atomic E-state index is 11.9. The second-order valence-electron chi connectivity index (χ2n) is 5.35. The van der Waals surface area contributed by atoms with Crippen LogP contribution in [-0.2, 0) is 9.63 Å². The highest BCUT2D eigenvalue weighted by Gasteiger charge is 2.08. The van der Waals surface area contributed by atoms with Crippen LogP contribution in [0.2, 0.25) is 0 Å². The van der Waals surface area contributed by atoms with Gasteiger partial charge in [-0.05, 0) is 29.8 Å². The number of hydrogen-bond donors (Lipinski definition) is 3. The zero-order valence-electron chi connectivity index (χ0n) is 14.7. The molecule has 0 unspecified atom stereocenters. The molecule has 2 rings (SSSR count). The lowest BCUT2D eigenvalue weighted by Gasteiger charge is -2.10. The predicted octanol–water partition coefficient (Wildman–Crippen LogP) is 3.09. The van der Waals surface area contributed by atoms with Gasteiger partial charge in [-0.3, -0.25) is 10.3 Å². The van der Waals surface area contributed by atoms with Crippen molar-refractivity contribution in [2.75, 3.05) is 18.5 Å². The van der Waals surface area contributed by atoms with E-state index in [9.17, 15) is 9.59 Å². The van der Waals surface area contributed by atoms with Crippen molar-refractivity contribution in [3.05, 3.63) is 79.4 Å². The Morgan fingerprint density at radius 2 is 1.74 bits per heavy atom. The molecule has 2 aromatic carbocycles. The van der Waals surface area contributed by atoms with Gasteiger partial charge in [0, 0.05) is 5.69 Å². The smallest absolute Gasteiger partial charge is 0.330 e. The zero-order valence-corrected chi connectivity index (χ0v) is 14.7. The van der Waals surface area contributed by atoms with Gasteiger partial charge in [0.15, 0.2) is 0 Å². The average molecular weight is 367 g/mol. The molecule has 0 aromatic heterocycles. The predicted molar refractivity (Wildman–Crippen MR) is 104 cm³/mol. The first kappa shape index (κ1) is 19.7. The number of anilines is 1. The van der Waals surface area contributed by atoms with Crippen LogP contribution in [0.3, 0.4) is 0 Å². The molecule has 7 nitrogen and oxygen atoms in total. The number of ether oxygens (including phenoxy) is 1. The number of carbonyl (C=O) groups excluding carboxylic acids is 2. The van der Waals surface area contributed by atoms with Gasteiger partial charge in [-0.15, -0.1) is 6.58 Å². The van der Waals surface area contributed by atoms with Crippen molar-refractivity contribution in [1.82, 2.24) is 10.8 Å². The number of hydroxylamine groups is 1. The Balaban J connectivity index is 1.75. The molecule has 3 N–H and O–H groups in total. The second-order valence-corrected chi connectivity index (χ2v) is 5.35. The van der Waals surface area contributed by atoms with Crippen molar-refractivity contribution in [3.8, 4) is 5.75 Å². The normalized spacial score (nSPS) is 9.78. The quantitative estimate of drug-likeness (QED) is 0.208. The minimum Gasteiger partial charge on any atom is -0.425 e. The summed E-state index contributed by atoms with van der Waals surface area (Å²) in [5.74, 6) is -0.139. The molecule has 2 aromatic rings. The van der Waals surface area contributed by atoms with E-state index in [1.165, 1.54) is 0 Å². The lowest BCUT2D eigenvalue weighted by atomic mass is 10.1. The van der Waals surface area contributed by atoms with Crippen molar-refractivity contribution in [3.63, 3.8) is 0 Å². The lowest BCUT2D eigenvalue weighted by molar-refractivity contribution is -0.133. The van der Waals surface area contributed by atoms with Crippen LogP contribution in [0.25, 0.3) is 5.70 Å². The van der Waals surface area contributed by atoms with E-state index in [1.54, 1.807) is 54.6 Å². The SMILES string of the molecule is C=CCONC(=C)c1ccc(NC(=O)NCC(=O)Oc2ccccc2)cc1. The molecule has 2 amide bonds. The van der Waals surface area contributed by atoms with E-state index in [1.807, 2.05) is 6.07 Å². The van der Waals surface area contributed by atoms with Crippen molar-refractivity contribution >= 4 is 23.4 Å². The van der Waals surface area contributed by atoms with Crippen LogP contribution in [-0.4, -0.2) is 25.2 Å². The molecule has 0 saturated carbocycles. The van der Waals surface area contributed by atoms with Crippen molar-refractivity contribution in [2.24, 2.45) is 0 Å². The molecule has 0 fully saturated rings. The molecule has 0 saturated heterocycles. The van der Waals surface area contributed by atoms with Crippen LogP contribution in [0.4, 0.5) is 10.5 Å². The number of hydrogen-bond acceptors (Lipinski definition) is 5. The Labute approximate surface area is 157 Å². The van der Waals surface area contributed by atoms with Gasteiger partial charge in [0.2, 0.25) is 0 Å². The summed E-state index contributed by atoms with van der Waals surface area (Å²) in [7, 11) is 0. The molecule has 0 radical (unpaired) electrons. The molecule has 0 bridgehead atoms. The summed E-state index contributed by atoms with van der Waals surface area (Å²) >= 11 is 0. The largest absolute Gasteiger partial charge is 0.425 e. The van der Waals surface area contributed by atoms with E-state index >= 15 is 0 Å². The van der Waals surface area contributed by atoms with Gasteiger partial charge in [0.25, 0.3) is 0 Å². The highest BCUT2D eigenvalue weighted by atomic mass is 16.6. The van der Waals surface area contributed by atoms with Crippen LogP contribution >= 0.6 is 0 Å². The fourth-order valence-electron chi connectivity index (χ4n) is 1.99. The zero-order chi connectivity index (χ0) is 19.5. The molecular formula is C20H21N3O4. The van der Waals surface area contributed by atoms with Crippen molar-refractivity contribution in [2.45, 2.75) is 0 Å². The van der Waals surface area contributed by atoms with Gasteiger partial charge in [0.1, 0.15) is 12.3 Å². The number of amides is 2. The standard InChI is InChI=1S/C20H21N3O4/c1-3-13-26-23-15(2)16-9-11-17(12-10-16)22-20(25)21-14-19(24)27-18-7-5-4-6-8-18/h3-12,23H,1-2,13-14H2,(H2,21,22,25). The topological polar surface area (TPSA) is 88.7 Å². The third-order valence-electron chi connectivity index (χ3n) is 3.26. The number of benzene rings is 2. The summed E-state index contributed by atoms with van der Waals surface area (Å²) in [6, 6.07) is 15.1. The minimum atomic E-state index is -0.561. The number of nitrogens with one attached hydrogen (secondary N) is 3. The molecule has 27 heavy (non-hydrogen) atoms. The molecule has 0 aliphatic carbocycles. The van der Waals surface area contributed by atoms with Gasteiger partial charge in [0.05, 0.1) is 12.3 Å². The van der Waals surface area contributed by atoms with Crippen molar-refractivity contribution < 1.29 is 19.2 Å². The van der Waals surface area contributed by atoms with Gasteiger partial charge in [-0.25, -0.2) is 9.59 Å². The molecule has 140 valence electrons. The van der Waals surface area contributed by atoms with Crippen molar-refractivity contribution in [1.29, 1.82) is 0 Å². The van der Waals surface area contributed by atoms with E-state index in [4.69, 9.17) is 9.57 Å². The van der Waals surface area contributed by atoms with Crippen LogP contribution in [0, 0.1) is 0 Å². The van der Waals surface area contributed by atoms with Crippen LogP contribution in [0.5, 0.6) is 5.75 Å². The van der Waals surface area contributed by atoms with E-state index in [-0.39, 0.29) is 6.54 Å². The van der Waals surface area contributed by atoms with Crippen LogP contribution in [0.1, 0.15) is 5.56 Å². The molecule has 7 heteroatoms. The summed E-state index contributed by atoms with van der Waals surface area (Å²) in [6.07, 6.45) is 1.61. The molecule has 0 spiro atoms. The molecule has 0 aliphatic rings. The number of esters is 1. The first-order chi connectivity index (χ1) is 13.1. The molecule has 0 heterocycles. The minimum absolute atomic E-state index is 0.250. The summed E-state index contributed by atoms with van der Waals surface area (Å²) in [5, 5.41) is 5.07. The van der Waals surface area contributed by atoms with E-state index in [0.717, 1.165) is 5.56 Å². The maximum absolute atomic E-state index is 11.9. The summed E-state index contributed by atoms with van der Waals surface area (Å²) in [6.45, 7) is 7.50. The Bertz CT molecular complexity index is 789. The lowest BCUT2D eigenvalue weighted by Crippen LogP contribution is -2.35. The molecule has 0 atom stereocenters. The molecular weight excluding hydrogens is 346 g/mol. The highest BCUT2D eigenvalue weighted by molar-refractivity contribution is 5.91. The third-order valence-corrected chi connectivity index (χ3v) is 3.26. The fraction of sp³-hybridized carbons (Fsp3) is 0.100. The molecule has 0 aliphatic heterocycles. The Morgan fingerprint density at radius 1 is 1.04 bits per heavy atom. The summed E-state index contributed by atoms with van der Waals surface area (Å²) in [4.78, 5) is 28.7. The average Bonchev–Trinajstić information content (AvgIpc) is 2.68. The first-order valence-corrected chi connectivity index (χ1v) is 8.17. The van der Waals surface area contributed by atoms with Crippen LogP contribution < -0.4 is 20.9 Å². The maximum Gasteiger partial charge on any atom is 0.330 e. The number of para-hydroxylation sites is 1. The van der Waals surface area contributed by atoms with E-state index in [0.29, 0.717) is 23.7 Å². The third kappa shape index (κ3) is 7.05. The van der Waals surface area contributed by atoms with Gasteiger partial charge < -0.3 is 15.4 Å². The second kappa shape index (κ2) is 10.4. The summed E-state index contributed by atoms with van der Waals surface area (Å²) in [5.41, 5.74) is 4.64. The fourth-order valence-corrected chi connectivity index (χ4v) is 1.99. The number of rotatable bonds is 9. The van der Waals surface area contributed by atoms with E-state index < -0.39 is 12.0 Å². The van der Waals surface area contributed by atoms with Gasteiger partial charge in [-0.2, -0.15) is 0 Å². The number of urea groups is 1. The van der Waals surface area contributed by atoms with Gasteiger partial charge in [-0.1, -0.05) is 43.0 Å². The summed E-state index contributed by atoms with van der Waals surface area (Å²) < 4.78 is 5.08. The van der Waals surface area contributed by atoms with Crippen LogP contribution in [0.15, 0.2) is 73.8 Å². The number of carbonyl (C=O) groups is 2.